The summed E-state index contributed by atoms with van der Waals surface area (Å²) in [4.78, 5) is 2.65. The highest BCUT2D eigenvalue weighted by atomic mass is 15.2. The van der Waals surface area contributed by atoms with E-state index in [1.165, 1.54) is 31.2 Å². The van der Waals surface area contributed by atoms with Crippen LogP contribution in [0.15, 0.2) is 24.3 Å². The van der Waals surface area contributed by atoms with Gasteiger partial charge in [-0.25, -0.2) is 0 Å². The molecule has 2 saturated carbocycles. The van der Waals surface area contributed by atoms with Crippen molar-refractivity contribution < 1.29 is 0 Å². The maximum atomic E-state index is 6.07. The van der Waals surface area contributed by atoms with Crippen LogP contribution in [0.2, 0.25) is 0 Å². The molecule has 18 heavy (non-hydrogen) atoms. The van der Waals surface area contributed by atoms with Gasteiger partial charge in [0.15, 0.2) is 0 Å². The van der Waals surface area contributed by atoms with Crippen molar-refractivity contribution in [1.82, 2.24) is 4.90 Å². The molecule has 3 atom stereocenters. The van der Waals surface area contributed by atoms with Gasteiger partial charge in [0.1, 0.15) is 0 Å². The third-order valence-electron chi connectivity index (χ3n) is 5.00. The van der Waals surface area contributed by atoms with E-state index in [1.807, 2.05) is 12.1 Å². The Kier molecular flexibility index (Phi) is 3.29. The van der Waals surface area contributed by atoms with Crippen molar-refractivity contribution in [2.75, 3.05) is 12.3 Å². The summed E-state index contributed by atoms with van der Waals surface area (Å²) >= 11 is 0. The number of rotatable bonds is 4. The van der Waals surface area contributed by atoms with Gasteiger partial charge in [0, 0.05) is 18.3 Å². The minimum atomic E-state index is 0.813. The number of benzene rings is 1. The highest BCUT2D eigenvalue weighted by Gasteiger charge is 2.41. The fraction of sp³-hybridized carbons (Fsp3) is 0.625. The molecule has 2 N–H and O–H groups in total. The van der Waals surface area contributed by atoms with E-state index in [4.69, 9.17) is 5.73 Å². The van der Waals surface area contributed by atoms with Gasteiger partial charge in [0.05, 0.1) is 0 Å². The van der Waals surface area contributed by atoms with Crippen LogP contribution in [-0.4, -0.2) is 17.5 Å². The van der Waals surface area contributed by atoms with Crippen molar-refractivity contribution in [2.24, 2.45) is 11.8 Å². The van der Waals surface area contributed by atoms with Crippen LogP contribution in [-0.2, 0) is 6.54 Å². The molecule has 0 amide bonds. The van der Waals surface area contributed by atoms with Crippen molar-refractivity contribution in [3.8, 4) is 0 Å². The first-order valence-corrected chi connectivity index (χ1v) is 7.35. The van der Waals surface area contributed by atoms with E-state index < -0.39 is 0 Å². The van der Waals surface area contributed by atoms with Crippen molar-refractivity contribution in [3.63, 3.8) is 0 Å². The first kappa shape index (κ1) is 12.0. The van der Waals surface area contributed by atoms with Gasteiger partial charge in [-0.1, -0.05) is 31.5 Å². The van der Waals surface area contributed by atoms with Gasteiger partial charge in [-0.15, -0.1) is 0 Å². The Morgan fingerprint density at radius 3 is 2.67 bits per heavy atom. The number of nitrogens with zero attached hydrogens (tertiary/aromatic N) is 1. The predicted octanol–water partition coefficient (Wildman–Crippen LogP) is 3.28. The summed E-state index contributed by atoms with van der Waals surface area (Å²) in [5, 5.41) is 0. The van der Waals surface area contributed by atoms with Crippen molar-refractivity contribution in [2.45, 2.75) is 45.2 Å². The lowest BCUT2D eigenvalue weighted by atomic mass is 9.93. The Morgan fingerprint density at radius 1 is 1.22 bits per heavy atom. The largest absolute Gasteiger partial charge is 0.398 e. The molecule has 3 rings (SSSR count). The highest BCUT2D eigenvalue weighted by Crippen LogP contribution is 2.46. The zero-order valence-electron chi connectivity index (χ0n) is 11.3. The Hall–Kier alpha value is -1.02. The van der Waals surface area contributed by atoms with Gasteiger partial charge >= 0.3 is 0 Å². The highest BCUT2D eigenvalue weighted by molar-refractivity contribution is 5.46. The Morgan fingerprint density at radius 2 is 2.06 bits per heavy atom. The van der Waals surface area contributed by atoms with E-state index in [0.717, 1.165) is 36.7 Å². The Bertz CT molecular complexity index is 415. The number of nitrogens with two attached hydrogens (primary N) is 1. The Balaban J connectivity index is 1.72. The average Bonchev–Trinajstić information content (AvgIpc) is 3.00. The van der Waals surface area contributed by atoms with E-state index in [0.29, 0.717) is 0 Å². The van der Waals surface area contributed by atoms with Crippen molar-refractivity contribution in [3.05, 3.63) is 29.8 Å². The molecule has 0 radical (unpaired) electrons. The van der Waals surface area contributed by atoms with E-state index in [2.05, 4.69) is 24.0 Å². The molecule has 2 bridgehead atoms. The second-order valence-electron chi connectivity index (χ2n) is 6.00. The topological polar surface area (TPSA) is 29.3 Å². The lowest BCUT2D eigenvalue weighted by Gasteiger charge is -2.34. The molecule has 0 spiro atoms. The standard InChI is InChI=1S/C16H24N2/c1-2-18(11-14-5-3-4-6-15(14)17)16-10-12-7-8-13(16)9-12/h3-6,12-13,16H,2,7-11,17H2,1H3. The molecule has 2 aliphatic carbocycles. The first-order valence-electron chi connectivity index (χ1n) is 7.35. The van der Waals surface area contributed by atoms with Gasteiger partial charge in [-0.2, -0.15) is 0 Å². The van der Waals surface area contributed by atoms with Crippen LogP contribution in [0, 0.1) is 11.8 Å². The molecule has 2 fully saturated rings. The van der Waals surface area contributed by atoms with Gasteiger partial charge in [0.2, 0.25) is 0 Å². The second-order valence-corrected chi connectivity index (χ2v) is 6.00. The van der Waals surface area contributed by atoms with E-state index in [-0.39, 0.29) is 0 Å². The summed E-state index contributed by atoms with van der Waals surface area (Å²) in [6.45, 7) is 4.45. The first-order chi connectivity index (χ1) is 8.78. The third-order valence-corrected chi connectivity index (χ3v) is 5.00. The third kappa shape index (κ3) is 2.14. The van der Waals surface area contributed by atoms with Crippen LogP contribution in [0.5, 0.6) is 0 Å². The number of para-hydroxylation sites is 1. The van der Waals surface area contributed by atoms with Crippen LogP contribution < -0.4 is 5.73 Å². The molecule has 3 unspecified atom stereocenters. The molecule has 1 aromatic rings. The van der Waals surface area contributed by atoms with Gasteiger partial charge in [-0.3, -0.25) is 4.90 Å². The second kappa shape index (κ2) is 4.93. The van der Waals surface area contributed by atoms with Crippen molar-refractivity contribution in [1.29, 1.82) is 0 Å². The van der Waals surface area contributed by atoms with Crippen LogP contribution in [0.3, 0.4) is 0 Å². The zero-order chi connectivity index (χ0) is 12.5. The molecule has 2 nitrogen and oxygen atoms in total. The summed E-state index contributed by atoms with van der Waals surface area (Å²) in [6, 6.07) is 9.12. The Labute approximate surface area is 110 Å². The molecule has 0 aliphatic heterocycles. The molecule has 98 valence electrons. The summed E-state index contributed by atoms with van der Waals surface area (Å²) in [5.74, 6) is 1.97. The molecular weight excluding hydrogens is 220 g/mol. The van der Waals surface area contributed by atoms with Crippen molar-refractivity contribution >= 4 is 5.69 Å². The summed E-state index contributed by atoms with van der Waals surface area (Å²) < 4.78 is 0. The molecule has 0 heterocycles. The normalized spacial score (nSPS) is 30.2. The van der Waals surface area contributed by atoms with Crippen LogP contribution in [0.25, 0.3) is 0 Å². The van der Waals surface area contributed by atoms with Crippen LogP contribution in [0.1, 0.15) is 38.2 Å². The van der Waals surface area contributed by atoms with Gasteiger partial charge in [-0.05, 0) is 49.3 Å². The molecule has 0 saturated heterocycles. The number of anilines is 1. The molecule has 2 heteroatoms. The van der Waals surface area contributed by atoms with E-state index >= 15 is 0 Å². The smallest absolute Gasteiger partial charge is 0.0359 e. The average molecular weight is 244 g/mol. The quantitative estimate of drug-likeness (QED) is 0.824. The fourth-order valence-corrected chi connectivity index (χ4v) is 4.02. The maximum Gasteiger partial charge on any atom is 0.0359 e. The summed E-state index contributed by atoms with van der Waals surface area (Å²) in [6.07, 6.45) is 5.83. The van der Waals surface area contributed by atoms with Crippen LogP contribution >= 0.6 is 0 Å². The minimum Gasteiger partial charge on any atom is -0.398 e. The van der Waals surface area contributed by atoms with Gasteiger partial charge < -0.3 is 5.73 Å². The number of hydrogen-bond acceptors (Lipinski definition) is 2. The van der Waals surface area contributed by atoms with Crippen LogP contribution in [0.4, 0.5) is 5.69 Å². The summed E-state index contributed by atoms with van der Waals surface area (Å²) in [5.41, 5.74) is 8.31. The van der Waals surface area contributed by atoms with Gasteiger partial charge in [0.25, 0.3) is 0 Å². The SMILES string of the molecule is CCN(Cc1ccccc1N)C1CC2CCC1C2. The number of nitrogen functional groups attached to an aromatic ring is 1. The number of hydrogen-bond donors (Lipinski definition) is 1. The zero-order valence-corrected chi connectivity index (χ0v) is 11.3. The maximum absolute atomic E-state index is 6.07. The number of fused-ring (bicyclic) bond motifs is 2. The lowest BCUT2D eigenvalue weighted by molar-refractivity contribution is 0.142. The van der Waals surface area contributed by atoms with E-state index in [9.17, 15) is 0 Å². The lowest BCUT2D eigenvalue weighted by Crippen LogP contribution is -2.38. The summed E-state index contributed by atoms with van der Waals surface area (Å²) in [7, 11) is 0. The molecule has 0 aromatic heterocycles. The molecule has 2 aliphatic rings. The monoisotopic (exact) mass is 244 g/mol. The fourth-order valence-electron chi connectivity index (χ4n) is 4.02. The minimum absolute atomic E-state index is 0.813. The predicted molar refractivity (Wildman–Crippen MR) is 76.2 cm³/mol. The molecular formula is C16H24N2. The van der Waals surface area contributed by atoms with E-state index in [1.54, 1.807) is 0 Å². The molecule has 1 aromatic carbocycles.